The number of anilines is 2. The number of aryl methyl sites for hydroxylation is 1. The number of rotatable bonds is 5. The summed E-state index contributed by atoms with van der Waals surface area (Å²) >= 11 is 13.7. The lowest BCUT2D eigenvalue weighted by atomic mass is 10.0. The summed E-state index contributed by atoms with van der Waals surface area (Å²) in [6, 6.07) is 8.49. The molecule has 4 rings (SSSR count). The smallest absolute Gasteiger partial charge is 0.155 e. The van der Waals surface area contributed by atoms with Gasteiger partial charge in [0.05, 0.1) is 16.1 Å². The van der Waals surface area contributed by atoms with E-state index in [1.54, 1.807) is 41.1 Å². The highest BCUT2D eigenvalue weighted by Gasteiger charge is 2.18. The summed E-state index contributed by atoms with van der Waals surface area (Å²) in [4.78, 5) is 8.94. The largest absolute Gasteiger partial charge is 0.383 e. The van der Waals surface area contributed by atoms with Crippen molar-refractivity contribution >= 4 is 57.7 Å². The molecule has 4 aromatic rings. The van der Waals surface area contributed by atoms with Gasteiger partial charge in [-0.05, 0) is 35.7 Å². The molecule has 0 spiro atoms. The van der Waals surface area contributed by atoms with Crippen LogP contribution in [0.3, 0.4) is 0 Å². The zero-order valence-corrected chi connectivity index (χ0v) is 18.1. The number of aromatic nitrogens is 3. The lowest BCUT2D eigenvalue weighted by molar-refractivity contribution is 0.636. The minimum atomic E-state index is -0.432. The first-order chi connectivity index (χ1) is 14.4. The maximum atomic E-state index is 15.4. The molecule has 0 aliphatic heterocycles. The van der Waals surface area contributed by atoms with Gasteiger partial charge >= 0.3 is 0 Å². The quantitative estimate of drug-likeness (QED) is 0.351. The third kappa shape index (κ3) is 3.67. The van der Waals surface area contributed by atoms with E-state index in [4.69, 9.17) is 34.7 Å². The highest BCUT2D eigenvalue weighted by atomic mass is 35.5. The molecule has 0 bridgehead atoms. The van der Waals surface area contributed by atoms with E-state index >= 15 is 4.39 Å². The Labute approximate surface area is 186 Å². The SMILES string of the molecule is Cn1cc(-c2cccc(NSc3cc(Cl)cc(CN)c3Cl)c2F)c2c(N)ncnc21. The zero-order chi connectivity index (χ0) is 21.4. The van der Waals surface area contributed by atoms with Gasteiger partial charge < -0.3 is 20.8 Å². The van der Waals surface area contributed by atoms with Crippen LogP contribution in [0.25, 0.3) is 22.2 Å². The van der Waals surface area contributed by atoms with Crippen LogP contribution in [0.1, 0.15) is 5.56 Å². The second-order valence-corrected chi connectivity index (χ2v) is 8.23. The van der Waals surface area contributed by atoms with Crippen LogP contribution in [0.15, 0.2) is 47.8 Å². The Kier molecular flexibility index (Phi) is 5.75. The van der Waals surface area contributed by atoms with Gasteiger partial charge in [0.15, 0.2) is 5.82 Å². The molecule has 5 N–H and O–H groups in total. The van der Waals surface area contributed by atoms with E-state index < -0.39 is 5.82 Å². The summed E-state index contributed by atoms with van der Waals surface area (Å²) in [6.07, 6.45) is 3.17. The molecule has 0 aliphatic rings. The Morgan fingerprint density at radius 1 is 1.20 bits per heavy atom. The van der Waals surface area contributed by atoms with Crippen LogP contribution in [0, 0.1) is 5.82 Å². The highest BCUT2D eigenvalue weighted by molar-refractivity contribution is 8.00. The number of nitrogens with two attached hydrogens (primary N) is 2. The van der Waals surface area contributed by atoms with Crippen molar-refractivity contribution in [2.75, 3.05) is 10.5 Å². The predicted molar refractivity (Wildman–Crippen MR) is 122 cm³/mol. The third-order valence-corrected chi connectivity index (χ3v) is 6.28. The van der Waals surface area contributed by atoms with Crippen molar-refractivity contribution in [1.82, 2.24) is 14.5 Å². The van der Waals surface area contributed by atoms with Gasteiger partial charge in [-0.3, -0.25) is 0 Å². The van der Waals surface area contributed by atoms with E-state index in [-0.39, 0.29) is 12.2 Å². The van der Waals surface area contributed by atoms with Crippen LogP contribution in [-0.2, 0) is 13.6 Å². The van der Waals surface area contributed by atoms with Crippen LogP contribution in [-0.4, -0.2) is 14.5 Å². The van der Waals surface area contributed by atoms with Crippen molar-refractivity contribution in [2.45, 2.75) is 11.4 Å². The van der Waals surface area contributed by atoms with Gasteiger partial charge in [0, 0.05) is 40.8 Å². The second kappa shape index (κ2) is 8.31. The molecule has 6 nitrogen and oxygen atoms in total. The number of nitrogen functional groups attached to an aromatic ring is 1. The zero-order valence-electron chi connectivity index (χ0n) is 15.8. The van der Waals surface area contributed by atoms with E-state index in [2.05, 4.69) is 14.7 Å². The van der Waals surface area contributed by atoms with Crippen LogP contribution >= 0.6 is 35.1 Å². The average Bonchev–Trinajstić information content (AvgIpc) is 3.07. The fourth-order valence-electron chi connectivity index (χ4n) is 3.21. The minimum Gasteiger partial charge on any atom is -0.383 e. The van der Waals surface area contributed by atoms with E-state index in [9.17, 15) is 0 Å². The Morgan fingerprint density at radius 3 is 2.77 bits per heavy atom. The molecule has 2 heterocycles. The first-order valence-corrected chi connectivity index (χ1v) is 10.4. The molecular formula is C20H17Cl2FN6S. The summed E-state index contributed by atoms with van der Waals surface area (Å²) in [5.41, 5.74) is 14.4. The maximum absolute atomic E-state index is 15.4. The summed E-state index contributed by atoms with van der Waals surface area (Å²) in [5, 5.41) is 1.59. The van der Waals surface area contributed by atoms with Gasteiger partial charge in [-0.15, -0.1) is 0 Å². The van der Waals surface area contributed by atoms with Gasteiger partial charge in [-0.25, -0.2) is 14.4 Å². The van der Waals surface area contributed by atoms with Crippen molar-refractivity contribution < 1.29 is 4.39 Å². The van der Waals surface area contributed by atoms with Crippen molar-refractivity contribution in [3.63, 3.8) is 0 Å². The van der Waals surface area contributed by atoms with Crippen molar-refractivity contribution in [2.24, 2.45) is 12.8 Å². The van der Waals surface area contributed by atoms with Crippen molar-refractivity contribution in [3.05, 3.63) is 64.3 Å². The normalized spacial score (nSPS) is 11.2. The van der Waals surface area contributed by atoms with Crippen LogP contribution in [0.5, 0.6) is 0 Å². The summed E-state index contributed by atoms with van der Waals surface area (Å²) in [7, 11) is 1.82. The molecule has 0 unspecified atom stereocenters. The first-order valence-electron chi connectivity index (χ1n) is 8.86. The van der Waals surface area contributed by atoms with Gasteiger partial charge in [-0.1, -0.05) is 35.3 Å². The van der Waals surface area contributed by atoms with Crippen LogP contribution < -0.4 is 16.2 Å². The van der Waals surface area contributed by atoms with Gasteiger partial charge in [0.1, 0.15) is 17.8 Å². The van der Waals surface area contributed by atoms with Crippen molar-refractivity contribution in [3.8, 4) is 11.1 Å². The monoisotopic (exact) mass is 462 g/mol. The number of benzene rings is 2. The molecule has 30 heavy (non-hydrogen) atoms. The summed E-state index contributed by atoms with van der Waals surface area (Å²) in [5.74, 6) is -0.138. The molecular weight excluding hydrogens is 446 g/mol. The van der Waals surface area contributed by atoms with Crippen LogP contribution in [0.2, 0.25) is 10.0 Å². The number of nitrogens with one attached hydrogen (secondary N) is 1. The fraction of sp³-hybridized carbons (Fsp3) is 0.100. The molecule has 0 saturated heterocycles. The molecule has 2 aromatic heterocycles. The Hall–Kier alpha value is -2.52. The molecule has 0 amide bonds. The molecule has 10 heteroatoms. The average molecular weight is 463 g/mol. The Morgan fingerprint density at radius 2 is 2.00 bits per heavy atom. The standard InChI is InChI=1S/C20H17Cl2FN6S/c1-29-8-13(16-19(25)26-9-27-20(16)29)12-3-2-4-14(18(12)23)28-30-15-6-11(21)5-10(7-24)17(15)22/h2-6,8-9,28H,7,24H2,1H3,(H2,25,26,27). The van der Waals surface area contributed by atoms with E-state index in [1.165, 1.54) is 6.33 Å². The molecule has 0 saturated carbocycles. The molecule has 2 aromatic carbocycles. The number of fused-ring (bicyclic) bond motifs is 1. The molecule has 0 aliphatic carbocycles. The van der Waals surface area contributed by atoms with Crippen LogP contribution in [0.4, 0.5) is 15.9 Å². The van der Waals surface area contributed by atoms with Crippen molar-refractivity contribution in [1.29, 1.82) is 0 Å². The van der Waals surface area contributed by atoms with Gasteiger partial charge in [0.25, 0.3) is 0 Å². The van der Waals surface area contributed by atoms with Gasteiger partial charge in [0.2, 0.25) is 0 Å². The lowest BCUT2D eigenvalue weighted by Crippen LogP contribution is -1.99. The maximum Gasteiger partial charge on any atom is 0.155 e. The molecule has 154 valence electrons. The number of hydrogen-bond donors (Lipinski definition) is 3. The number of hydrogen-bond acceptors (Lipinski definition) is 6. The fourth-order valence-corrected chi connectivity index (χ4v) is 4.60. The summed E-state index contributed by atoms with van der Waals surface area (Å²) < 4.78 is 20.2. The van der Waals surface area contributed by atoms with Gasteiger partial charge in [-0.2, -0.15) is 0 Å². The lowest BCUT2D eigenvalue weighted by Gasteiger charge is -2.12. The second-order valence-electron chi connectivity index (χ2n) is 6.56. The molecule has 0 fully saturated rings. The highest BCUT2D eigenvalue weighted by Crippen LogP contribution is 2.38. The predicted octanol–water partition coefficient (Wildman–Crippen LogP) is 5.24. The summed E-state index contributed by atoms with van der Waals surface area (Å²) in [6.45, 7) is 0.251. The third-order valence-electron chi connectivity index (χ3n) is 4.64. The molecule has 0 radical (unpaired) electrons. The first kappa shape index (κ1) is 20.7. The molecule has 0 atom stereocenters. The van der Waals surface area contributed by atoms with E-state index in [0.717, 1.165) is 11.9 Å². The van der Waals surface area contributed by atoms with E-state index in [1.807, 2.05) is 7.05 Å². The Balaban J connectivity index is 1.71. The Bertz CT molecular complexity index is 1260. The van der Waals surface area contributed by atoms with E-state index in [0.29, 0.717) is 48.5 Å². The number of halogens is 3. The number of nitrogens with zero attached hydrogens (tertiary/aromatic N) is 3. The minimum absolute atomic E-state index is 0.251. The topological polar surface area (TPSA) is 94.8 Å².